The molecule has 2 N–H and O–H groups in total. The van der Waals surface area contributed by atoms with Crippen molar-refractivity contribution in [2.24, 2.45) is 10.8 Å². The molecule has 0 aromatic rings. The predicted octanol–water partition coefficient (Wildman–Crippen LogP) is -0.741. The summed E-state index contributed by atoms with van der Waals surface area (Å²) in [6.07, 6.45) is 0. The minimum atomic E-state index is -0.538. The Morgan fingerprint density at radius 1 is 1.08 bits per heavy atom. The number of imide groups is 1. The van der Waals surface area contributed by atoms with E-state index >= 15 is 0 Å². The summed E-state index contributed by atoms with van der Waals surface area (Å²) in [6, 6.07) is 0. The summed E-state index contributed by atoms with van der Waals surface area (Å²) in [5.74, 6) is -0.278. The second-order valence-electron chi connectivity index (χ2n) is 4.05. The molecule has 0 aliphatic carbocycles. The highest BCUT2D eigenvalue weighted by molar-refractivity contribution is 6.10. The number of fused-ring (bicyclic) bond motifs is 1. The van der Waals surface area contributed by atoms with Crippen molar-refractivity contribution in [3.05, 3.63) is 0 Å². The van der Waals surface area contributed by atoms with Gasteiger partial charge in [-0.1, -0.05) is 0 Å². The van der Waals surface area contributed by atoms with Gasteiger partial charge in [-0.15, -0.1) is 0 Å². The van der Waals surface area contributed by atoms with Gasteiger partial charge in [-0.05, 0) is 13.8 Å². The molecule has 2 aliphatic rings. The van der Waals surface area contributed by atoms with Gasteiger partial charge in [0.25, 0.3) is 0 Å². The van der Waals surface area contributed by atoms with Crippen LogP contribution in [-0.2, 0) is 9.59 Å². The van der Waals surface area contributed by atoms with Crippen molar-refractivity contribution >= 4 is 11.8 Å². The minimum Gasteiger partial charge on any atom is -0.315 e. The molecule has 2 atom stereocenters. The lowest BCUT2D eigenvalue weighted by Crippen LogP contribution is -2.38. The van der Waals surface area contributed by atoms with E-state index in [0.29, 0.717) is 13.1 Å². The zero-order chi connectivity index (χ0) is 8.98. The highest BCUT2D eigenvalue weighted by Gasteiger charge is 2.63. The molecule has 0 aromatic heterocycles. The van der Waals surface area contributed by atoms with Gasteiger partial charge in [0.1, 0.15) is 0 Å². The zero-order valence-electron chi connectivity index (χ0n) is 7.23. The molecule has 0 bridgehead atoms. The van der Waals surface area contributed by atoms with Crippen molar-refractivity contribution in [1.82, 2.24) is 10.6 Å². The van der Waals surface area contributed by atoms with E-state index in [4.69, 9.17) is 0 Å². The molecule has 2 aliphatic heterocycles. The molecule has 0 radical (unpaired) electrons. The molecule has 0 spiro atoms. The number of carbonyl (C=O) groups is 2. The smallest absolute Gasteiger partial charge is 0.234 e. The van der Waals surface area contributed by atoms with Crippen LogP contribution in [0.25, 0.3) is 0 Å². The summed E-state index contributed by atoms with van der Waals surface area (Å²) in [7, 11) is 0. The molecule has 2 fully saturated rings. The van der Waals surface area contributed by atoms with Crippen molar-refractivity contribution in [3.8, 4) is 0 Å². The Kier molecular flexibility index (Phi) is 1.21. The number of nitrogens with one attached hydrogen (secondary N) is 2. The van der Waals surface area contributed by atoms with E-state index in [9.17, 15) is 9.59 Å². The van der Waals surface area contributed by atoms with Crippen LogP contribution in [0.15, 0.2) is 0 Å². The third kappa shape index (κ3) is 0.579. The molecule has 66 valence electrons. The third-order valence-electron chi connectivity index (χ3n) is 3.40. The molecule has 2 amide bonds. The maximum absolute atomic E-state index is 11.4. The Hall–Kier alpha value is -0.900. The minimum absolute atomic E-state index is 0.139. The van der Waals surface area contributed by atoms with Crippen molar-refractivity contribution in [1.29, 1.82) is 0 Å². The van der Waals surface area contributed by atoms with E-state index in [0.717, 1.165) is 0 Å². The van der Waals surface area contributed by atoms with Gasteiger partial charge in [0.2, 0.25) is 11.8 Å². The Bertz CT molecular complexity index is 250. The summed E-state index contributed by atoms with van der Waals surface area (Å²) in [5.41, 5.74) is -1.08. The van der Waals surface area contributed by atoms with Crippen LogP contribution in [-0.4, -0.2) is 24.9 Å². The fraction of sp³-hybridized carbons (Fsp3) is 0.750. The molecule has 2 saturated heterocycles. The lowest BCUT2D eigenvalue weighted by atomic mass is 9.70. The summed E-state index contributed by atoms with van der Waals surface area (Å²) in [5, 5.41) is 5.47. The first-order valence-corrected chi connectivity index (χ1v) is 4.07. The van der Waals surface area contributed by atoms with Crippen LogP contribution in [0.5, 0.6) is 0 Å². The SMILES string of the molecule is C[C@@]12CNC[C@@]1(C)C(=O)NC2=O. The van der Waals surface area contributed by atoms with E-state index in [2.05, 4.69) is 10.6 Å². The number of hydrogen-bond donors (Lipinski definition) is 2. The number of amides is 2. The van der Waals surface area contributed by atoms with Gasteiger partial charge in [-0.2, -0.15) is 0 Å². The van der Waals surface area contributed by atoms with Crippen molar-refractivity contribution < 1.29 is 9.59 Å². The fourth-order valence-corrected chi connectivity index (χ4v) is 1.99. The molecule has 0 aromatic carbocycles. The summed E-state index contributed by atoms with van der Waals surface area (Å²) >= 11 is 0. The van der Waals surface area contributed by atoms with E-state index in [-0.39, 0.29) is 11.8 Å². The highest BCUT2D eigenvalue weighted by atomic mass is 16.2. The van der Waals surface area contributed by atoms with Crippen LogP contribution in [0.3, 0.4) is 0 Å². The van der Waals surface area contributed by atoms with Crippen LogP contribution in [0.4, 0.5) is 0 Å². The van der Waals surface area contributed by atoms with Crippen LogP contribution < -0.4 is 10.6 Å². The van der Waals surface area contributed by atoms with Crippen LogP contribution in [0, 0.1) is 10.8 Å². The van der Waals surface area contributed by atoms with Gasteiger partial charge in [-0.25, -0.2) is 0 Å². The van der Waals surface area contributed by atoms with Crippen LogP contribution >= 0.6 is 0 Å². The van der Waals surface area contributed by atoms with Crippen LogP contribution in [0.1, 0.15) is 13.8 Å². The monoisotopic (exact) mass is 168 g/mol. The first-order chi connectivity index (χ1) is 5.51. The Balaban J connectivity index is 2.52. The lowest BCUT2D eigenvalue weighted by Gasteiger charge is -2.26. The second kappa shape index (κ2) is 1.88. The predicted molar refractivity (Wildman–Crippen MR) is 42.2 cm³/mol. The van der Waals surface area contributed by atoms with Crippen molar-refractivity contribution in [2.75, 3.05) is 13.1 Å². The lowest BCUT2D eigenvalue weighted by molar-refractivity contribution is -0.128. The first-order valence-electron chi connectivity index (χ1n) is 4.07. The molecular weight excluding hydrogens is 156 g/mol. The molecule has 2 rings (SSSR count). The topological polar surface area (TPSA) is 58.2 Å². The van der Waals surface area contributed by atoms with Crippen molar-refractivity contribution in [3.63, 3.8) is 0 Å². The fourth-order valence-electron chi connectivity index (χ4n) is 1.99. The second-order valence-corrected chi connectivity index (χ2v) is 4.05. The van der Waals surface area contributed by atoms with Crippen molar-refractivity contribution in [2.45, 2.75) is 13.8 Å². The van der Waals surface area contributed by atoms with Gasteiger partial charge < -0.3 is 5.32 Å². The molecule has 4 heteroatoms. The summed E-state index contributed by atoms with van der Waals surface area (Å²) in [4.78, 5) is 22.8. The highest BCUT2D eigenvalue weighted by Crippen LogP contribution is 2.46. The third-order valence-corrected chi connectivity index (χ3v) is 3.40. The van der Waals surface area contributed by atoms with E-state index < -0.39 is 10.8 Å². The Morgan fingerprint density at radius 3 is 1.92 bits per heavy atom. The standard InChI is InChI=1S/C8H12N2O2/c1-7-3-9-4-8(7,2)6(12)10-5(7)11/h9H,3-4H2,1-2H3,(H,10,11,12)/t7-,8-/m0/s1. The maximum atomic E-state index is 11.4. The molecular formula is C8H12N2O2. The van der Waals surface area contributed by atoms with Gasteiger partial charge in [-0.3, -0.25) is 14.9 Å². The van der Waals surface area contributed by atoms with E-state index in [1.54, 1.807) is 0 Å². The Morgan fingerprint density at radius 2 is 1.50 bits per heavy atom. The molecule has 4 nitrogen and oxygen atoms in total. The van der Waals surface area contributed by atoms with Crippen LogP contribution in [0.2, 0.25) is 0 Å². The number of rotatable bonds is 0. The van der Waals surface area contributed by atoms with Gasteiger partial charge in [0.05, 0.1) is 10.8 Å². The first kappa shape index (κ1) is 7.73. The summed E-state index contributed by atoms with van der Waals surface area (Å²) in [6.45, 7) is 4.88. The zero-order valence-corrected chi connectivity index (χ0v) is 7.23. The largest absolute Gasteiger partial charge is 0.315 e. The Labute approximate surface area is 70.7 Å². The van der Waals surface area contributed by atoms with Gasteiger partial charge >= 0.3 is 0 Å². The molecule has 0 saturated carbocycles. The summed E-state index contributed by atoms with van der Waals surface area (Å²) < 4.78 is 0. The van der Waals surface area contributed by atoms with E-state index in [1.807, 2.05) is 13.8 Å². The molecule has 12 heavy (non-hydrogen) atoms. The average molecular weight is 168 g/mol. The number of hydrogen-bond acceptors (Lipinski definition) is 3. The number of carbonyl (C=O) groups excluding carboxylic acids is 2. The molecule has 0 unspecified atom stereocenters. The van der Waals surface area contributed by atoms with Gasteiger partial charge in [0.15, 0.2) is 0 Å². The quantitative estimate of drug-likeness (QED) is 0.468. The maximum Gasteiger partial charge on any atom is 0.234 e. The normalized spacial score (nSPS) is 46.2. The molecule has 2 heterocycles. The average Bonchev–Trinajstić information content (AvgIpc) is 2.37. The van der Waals surface area contributed by atoms with E-state index in [1.165, 1.54) is 0 Å². The van der Waals surface area contributed by atoms with Gasteiger partial charge in [0, 0.05) is 13.1 Å².